The summed E-state index contributed by atoms with van der Waals surface area (Å²) in [6, 6.07) is 14.5. The molecule has 8 nitrogen and oxygen atoms in total. The zero-order valence-electron chi connectivity index (χ0n) is 16.5. The highest BCUT2D eigenvalue weighted by Crippen LogP contribution is 2.19. The van der Waals surface area contributed by atoms with Crippen LogP contribution in [0.25, 0.3) is 5.69 Å². The lowest BCUT2D eigenvalue weighted by atomic mass is 10.2. The summed E-state index contributed by atoms with van der Waals surface area (Å²) in [5.74, 6) is -0.398. The molecule has 1 heterocycles. The molecule has 0 saturated heterocycles. The van der Waals surface area contributed by atoms with Gasteiger partial charge in [-0.05, 0) is 50.6 Å². The summed E-state index contributed by atoms with van der Waals surface area (Å²) in [6.45, 7) is 5.59. The number of aryl methyl sites for hydroxylation is 1. The SMILES string of the molecule is CCOC(=O)COc1cccc(NC(=O)c2nnn(-c3cccc(C)c3)c2C)c1. The molecule has 1 aromatic heterocycles. The van der Waals surface area contributed by atoms with E-state index >= 15 is 0 Å². The number of esters is 1. The quantitative estimate of drug-likeness (QED) is 0.619. The molecule has 3 aromatic rings. The van der Waals surface area contributed by atoms with Crippen LogP contribution in [0.4, 0.5) is 5.69 Å². The van der Waals surface area contributed by atoms with Crippen LogP contribution in [0, 0.1) is 13.8 Å². The van der Waals surface area contributed by atoms with E-state index < -0.39 is 5.97 Å². The molecular weight excluding hydrogens is 372 g/mol. The summed E-state index contributed by atoms with van der Waals surface area (Å²) in [5.41, 5.74) is 3.29. The normalized spacial score (nSPS) is 10.4. The summed E-state index contributed by atoms with van der Waals surface area (Å²) in [7, 11) is 0. The summed E-state index contributed by atoms with van der Waals surface area (Å²) < 4.78 is 11.8. The summed E-state index contributed by atoms with van der Waals surface area (Å²) >= 11 is 0. The Morgan fingerprint density at radius 3 is 2.66 bits per heavy atom. The first kappa shape index (κ1) is 20.1. The Hall–Kier alpha value is -3.68. The molecule has 0 unspecified atom stereocenters. The fourth-order valence-corrected chi connectivity index (χ4v) is 2.74. The fraction of sp³-hybridized carbons (Fsp3) is 0.238. The average molecular weight is 394 g/mol. The molecule has 0 fully saturated rings. The van der Waals surface area contributed by atoms with Crippen LogP contribution in [-0.2, 0) is 9.53 Å². The van der Waals surface area contributed by atoms with Crippen LogP contribution in [0.3, 0.4) is 0 Å². The van der Waals surface area contributed by atoms with E-state index in [0.717, 1.165) is 11.3 Å². The van der Waals surface area contributed by atoms with Crippen LogP contribution >= 0.6 is 0 Å². The first-order valence-electron chi connectivity index (χ1n) is 9.17. The van der Waals surface area contributed by atoms with Crippen molar-refractivity contribution in [3.05, 3.63) is 65.5 Å². The van der Waals surface area contributed by atoms with Crippen molar-refractivity contribution in [3.63, 3.8) is 0 Å². The molecule has 0 aliphatic rings. The van der Waals surface area contributed by atoms with E-state index in [1.165, 1.54) is 0 Å². The Morgan fingerprint density at radius 2 is 1.90 bits per heavy atom. The minimum Gasteiger partial charge on any atom is -0.482 e. The first-order valence-corrected chi connectivity index (χ1v) is 9.17. The van der Waals surface area contributed by atoms with E-state index in [9.17, 15) is 9.59 Å². The van der Waals surface area contributed by atoms with Crippen LogP contribution in [0.5, 0.6) is 5.75 Å². The first-order chi connectivity index (χ1) is 14.0. The van der Waals surface area contributed by atoms with Gasteiger partial charge in [-0.25, -0.2) is 9.48 Å². The van der Waals surface area contributed by atoms with Crippen LogP contribution in [0.15, 0.2) is 48.5 Å². The molecule has 1 N–H and O–H groups in total. The Kier molecular flexibility index (Phi) is 6.23. The maximum Gasteiger partial charge on any atom is 0.344 e. The molecular formula is C21H22N4O4. The lowest BCUT2D eigenvalue weighted by Crippen LogP contribution is -2.15. The van der Waals surface area contributed by atoms with E-state index in [2.05, 4.69) is 15.6 Å². The van der Waals surface area contributed by atoms with Gasteiger partial charge in [0, 0.05) is 11.8 Å². The van der Waals surface area contributed by atoms with Crippen molar-refractivity contribution in [1.82, 2.24) is 15.0 Å². The zero-order valence-corrected chi connectivity index (χ0v) is 16.5. The molecule has 2 aromatic carbocycles. The number of nitrogens with zero attached hydrogens (tertiary/aromatic N) is 3. The van der Waals surface area contributed by atoms with Gasteiger partial charge in [-0.2, -0.15) is 0 Å². The molecule has 29 heavy (non-hydrogen) atoms. The third kappa shape index (κ3) is 4.98. The van der Waals surface area contributed by atoms with E-state index in [0.29, 0.717) is 23.7 Å². The third-order valence-electron chi connectivity index (χ3n) is 4.11. The number of hydrogen-bond acceptors (Lipinski definition) is 6. The van der Waals surface area contributed by atoms with Crippen LogP contribution < -0.4 is 10.1 Å². The van der Waals surface area contributed by atoms with Crippen LogP contribution in [0.2, 0.25) is 0 Å². The van der Waals surface area contributed by atoms with Crippen molar-refractivity contribution in [1.29, 1.82) is 0 Å². The highest BCUT2D eigenvalue weighted by Gasteiger charge is 2.18. The molecule has 0 atom stereocenters. The van der Waals surface area contributed by atoms with Gasteiger partial charge in [0.15, 0.2) is 12.3 Å². The van der Waals surface area contributed by atoms with Crippen molar-refractivity contribution in [2.75, 3.05) is 18.5 Å². The predicted molar refractivity (Wildman–Crippen MR) is 107 cm³/mol. The zero-order chi connectivity index (χ0) is 20.8. The van der Waals surface area contributed by atoms with E-state index in [1.54, 1.807) is 42.8 Å². The van der Waals surface area contributed by atoms with Gasteiger partial charge in [0.1, 0.15) is 5.75 Å². The standard InChI is InChI=1S/C21H22N4O4/c1-4-28-19(26)13-29-18-10-6-8-16(12-18)22-21(27)20-15(3)25(24-23-20)17-9-5-7-14(2)11-17/h5-12H,4,13H2,1-3H3,(H,22,27). The van der Waals surface area contributed by atoms with Gasteiger partial charge >= 0.3 is 5.97 Å². The fourth-order valence-electron chi connectivity index (χ4n) is 2.74. The molecule has 0 bridgehead atoms. The second kappa shape index (κ2) is 9.01. The number of benzene rings is 2. The Bertz CT molecular complexity index is 1030. The van der Waals surface area contributed by atoms with Crippen molar-refractivity contribution in [2.24, 2.45) is 0 Å². The van der Waals surface area contributed by atoms with Crippen molar-refractivity contribution >= 4 is 17.6 Å². The van der Waals surface area contributed by atoms with Gasteiger partial charge in [0.2, 0.25) is 0 Å². The largest absolute Gasteiger partial charge is 0.482 e. The maximum atomic E-state index is 12.7. The molecule has 1 amide bonds. The van der Waals surface area contributed by atoms with Crippen molar-refractivity contribution < 1.29 is 19.1 Å². The molecule has 0 spiro atoms. The Balaban J connectivity index is 1.71. The van der Waals surface area contributed by atoms with Gasteiger partial charge in [-0.15, -0.1) is 5.10 Å². The molecule has 3 rings (SSSR count). The highest BCUT2D eigenvalue weighted by molar-refractivity contribution is 6.03. The second-order valence-corrected chi connectivity index (χ2v) is 6.35. The van der Waals surface area contributed by atoms with E-state index in [1.807, 2.05) is 31.2 Å². The number of aromatic nitrogens is 3. The second-order valence-electron chi connectivity index (χ2n) is 6.35. The summed E-state index contributed by atoms with van der Waals surface area (Å²) in [5, 5.41) is 10.9. The molecule has 0 saturated carbocycles. The molecule has 0 aliphatic heterocycles. The Labute approximate surface area is 168 Å². The minimum atomic E-state index is -0.453. The lowest BCUT2D eigenvalue weighted by molar-refractivity contribution is -0.145. The topological polar surface area (TPSA) is 95.3 Å². The van der Waals surface area contributed by atoms with Crippen molar-refractivity contribution in [3.8, 4) is 11.4 Å². The van der Waals surface area contributed by atoms with Gasteiger partial charge in [-0.1, -0.05) is 23.4 Å². The molecule has 150 valence electrons. The van der Waals surface area contributed by atoms with E-state index in [-0.39, 0.29) is 18.2 Å². The number of hydrogen-bond donors (Lipinski definition) is 1. The summed E-state index contributed by atoms with van der Waals surface area (Å²) in [6.07, 6.45) is 0. The van der Waals surface area contributed by atoms with Crippen molar-refractivity contribution in [2.45, 2.75) is 20.8 Å². The number of ether oxygens (including phenoxy) is 2. The van der Waals surface area contributed by atoms with Gasteiger partial charge in [0.05, 0.1) is 18.0 Å². The molecule has 8 heteroatoms. The monoisotopic (exact) mass is 394 g/mol. The third-order valence-corrected chi connectivity index (χ3v) is 4.11. The predicted octanol–water partition coefficient (Wildman–Crippen LogP) is 3.08. The van der Waals surface area contributed by atoms with Crippen LogP contribution in [0.1, 0.15) is 28.7 Å². The number of carbonyl (C=O) groups excluding carboxylic acids is 2. The Morgan fingerprint density at radius 1 is 1.10 bits per heavy atom. The van der Waals surface area contributed by atoms with Gasteiger partial charge < -0.3 is 14.8 Å². The molecule has 0 radical (unpaired) electrons. The number of nitrogens with one attached hydrogen (secondary N) is 1. The molecule has 0 aliphatic carbocycles. The lowest BCUT2D eigenvalue weighted by Gasteiger charge is -2.09. The van der Waals surface area contributed by atoms with Crippen LogP contribution in [-0.4, -0.2) is 40.1 Å². The van der Waals surface area contributed by atoms with Gasteiger partial charge in [0.25, 0.3) is 5.91 Å². The minimum absolute atomic E-state index is 0.199. The number of anilines is 1. The average Bonchev–Trinajstić information content (AvgIpc) is 3.08. The highest BCUT2D eigenvalue weighted by atomic mass is 16.6. The van der Waals surface area contributed by atoms with E-state index in [4.69, 9.17) is 9.47 Å². The number of amides is 1. The number of rotatable bonds is 7. The smallest absolute Gasteiger partial charge is 0.344 e. The number of carbonyl (C=O) groups is 2. The maximum absolute atomic E-state index is 12.7. The van der Waals surface area contributed by atoms with Gasteiger partial charge in [-0.3, -0.25) is 4.79 Å². The summed E-state index contributed by atoms with van der Waals surface area (Å²) in [4.78, 5) is 24.1.